The molecule has 2 aliphatic heterocycles. The molecular weight excluding hydrogens is 240 g/mol. The number of nitrogens with two attached hydrogens (primary N) is 1. The molecule has 0 saturated heterocycles. The molecule has 4 rings (SSSR count). The molecule has 0 radical (unpaired) electrons. The van der Waals surface area contributed by atoms with Gasteiger partial charge in [0.2, 0.25) is 0 Å². The highest BCUT2D eigenvalue weighted by Gasteiger charge is 2.34. The van der Waals surface area contributed by atoms with Gasteiger partial charge in [0.15, 0.2) is 0 Å². The lowest BCUT2D eigenvalue weighted by atomic mass is 9.82. The van der Waals surface area contributed by atoms with Gasteiger partial charge in [0.05, 0.1) is 0 Å². The number of carbonyl (C=O) groups excluding carboxylic acids is 1. The van der Waals surface area contributed by atoms with Crippen LogP contribution >= 0.6 is 0 Å². The summed E-state index contributed by atoms with van der Waals surface area (Å²) < 4.78 is 5.89. The van der Waals surface area contributed by atoms with E-state index in [1.165, 1.54) is 0 Å². The minimum atomic E-state index is -0.0379. The summed E-state index contributed by atoms with van der Waals surface area (Å²) in [6, 6.07) is 11.2. The second-order valence-electron chi connectivity index (χ2n) is 4.88. The lowest BCUT2D eigenvalue weighted by Gasteiger charge is -2.33. The Labute approximate surface area is 110 Å². The van der Waals surface area contributed by atoms with E-state index in [0.29, 0.717) is 17.8 Å². The summed E-state index contributed by atoms with van der Waals surface area (Å²) in [7, 11) is 0. The Hall–Kier alpha value is -2.49. The number of amides is 1. The van der Waals surface area contributed by atoms with Gasteiger partial charge in [0.25, 0.3) is 5.91 Å². The summed E-state index contributed by atoms with van der Waals surface area (Å²) in [6.07, 6.45) is 0. The van der Waals surface area contributed by atoms with Crippen molar-refractivity contribution in [3.63, 3.8) is 0 Å². The zero-order valence-electron chi connectivity index (χ0n) is 10.1. The van der Waals surface area contributed by atoms with Crippen molar-refractivity contribution in [1.82, 2.24) is 5.32 Å². The monoisotopic (exact) mass is 252 g/mol. The van der Waals surface area contributed by atoms with Crippen LogP contribution in [0.1, 0.15) is 27.4 Å². The molecule has 3 N–H and O–H groups in total. The van der Waals surface area contributed by atoms with Gasteiger partial charge in [0, 0.05) is 34.8 Å². The van der Waals surface area contributed by atoms with Crippen LogP contribution in [0, 0.1) is 0 Å². The first-order valence-corrected chi connectivity index (χ1v) is 6.22. The van der Waals surface area contributed by atoms with Crippen LogP contribution < -0.4 is 15.8 Å². The number of hydrogen-bond donors (Lipinski definition) is 2. The van der Waals surface area contributed by atoms with Gasteiger partial charge in [-0.15, -0.1) is 0 Å². The maximum absolute atomic E-state index is 11.9. The Morgan fingerprint density at radius 3 is 3.00 bits per heavy atom. The summed E-state index contributed by atoms with van der Waals surface area (Å²) in [5.74, 6) is 1.68. The molecule has 19 heavy (non-hydrogen) atoms. The molecule has 2 aliphatic rings. The van der Waals surface area contributed by atoms with Crippen LogP contribution in [0.3, 0.4) is 0 Å². The van der Waals surface area contributed by atoms with E-state index in [1.807, 2.05) is 36.4 Å². The Kier molecular flexibility index (Phi) is 1.93. The van der Waals surface area contributed by atoms with Gasteiger partial charge in [-0.05, 0) is 30.3 Å². The Morgan fingerprint density at radius 1 is 1.21 bits per heavy atom. The summed E-state index contributed by atoms with van der Waals surface area (Å²) in [5, 5.41) is 2.93. The van der Waals surface area contributed by atoms with E-state index in [1.54, 1.807) is 0 Å². The van der Waals surface area contributed by atoms with E-state index in [2.05, 4.69) is 5.32 Å². The highest BCUT2D eigenvalue weighted by atomic mass is 16.5. The molecule has 1 atom stereocenters. The fourth-order valence-electron chi connectivity index (χ4n) is 2.90. The molecule has 2 aromatic rings. The van der Waals surface area contributed by atoms with Crippen molar-refractivity contribution >= 4 is 11.6 Å². The SMILES string of the molecule is Nc1ccc2c(c1)C1CNC(=O)c3cccc(c31)O2. The summed E-state index contributed by atoms with van der Waals surface area (Å²) in [4.78, 5) is 11.9. The Bertz CT molecular complexity index is 709. The Balaban J connectivity index is 1.99. The van der Waals surface area contributed by atoms with Gasteiger partial charge in [-0.3, -0.25) is 4.79 Å². The molecule has 1 amide bonds. The number of ether oxygens (including phenoxy) is 1. The van der Waals surface area contributed by atoms with Gasteiger partial charge in [0.1, 0.15) is 11.5 Å². The van der Waals surface area contributed by atoms with E-state index in [9.17, 15) is 4.79 Å². The standard InChI is InChI=1S/C15H12N2O2/c16-8-4-5-12-10(6-8)11-7-17-15(18)9-2-1-3-13(19-12)14(9)11/h1-6,11H,7,16H2,(H,17,18). The van der Waals surface area contributed by atoms with Crippen molar-refractivity contribution < 1.29 is 9.53 Å². The summed E-state index contributed by atoms with van der Waals surface area (Å²) in [5.41, 5.74) is 9.28. The lowest BCUT2D eigenvalue weighted by Crippen LogP contribution is -2.36. The number of carbonyl (C=O) groups is 1. The smallest absolute Gasteiger partial charge is 0.251 e. The minimum absolute atomic E-state index is 0.0379. The van der Waals surface area contributed by atoms with Crippen molar-refractivity contribution in [2.45, 2.75) is 5.92 Å². The van der Waals surface area contributed by atoms with Crippen LogP contribution in [0.5, 0.6) is 11.5 Å². The zero-order valence-corrected chi connectivity index (χ0v) is 10.1. The van der Waals surface area contributed by atoms with Crippen molar-refractivity contribution in [1.29, 1.82) is 0 Å². The molecule has 4 nitrogen and oxygen atoms in total. The number of fused-ring (bicyclic) bond motifs is 2. The van der Waals surface area contributed by atoms with Gasteiger partial charge < -0.3 is 15.8 Å². The lowest BCUT2D eigenvalue weighted by molar-refractivity contribution is 0.0941. The predicted molar refractivity (Wildman–Crippen MR) is 71.5 cm³/mol. The largest absolute Gasteiger partial charge is 0.457 e. The van der Waals surface area contributed by atoms with Gasteiger partial charge in [-0.25, -0.2) is 0 Å². The highest BCUT2D eigenvalue weighted by molar-refractivity contribution is 5.98. The van der Waals surface area contributed by atoms with E-state index >= 15 is 0 Å². The van der Waals surface area contributed by atoms with Gasteiger partial charge >= 0.3 is 0 Å². The molecule has 2 heterocycles. The third-order valence-corrected chi connectivity index (χ3v) is 3.76. The van der Waals surface area contributed by atoms with E-state index < -0.39 is 0 Å². The van der Waals surface area contributed by atoms with Crippen LogP contribution in [-0.4, -0.2) is 12.5 Å². The Morgan fingerprint density at radius 2 is 2.11 bits per heavy atom. The second kappa shape index (κ2) is 3.51. The molecule has 0 spiro atoms. The number of nitrogen functional groups attached to an aromatic ring is 1. The second-order valence-corrected chi connectivity index (χ2v) is 4.88. The molecule has 0 aromatic heterocycles. The third-order valence-electron chi connectivity index (χ3n) is 3.76. The van der Waals surface area contributed by atoms with Crippen LogP contribution in [-0.2, 0) is 0 Å². The first-order chi connectivity index (χ1) is 9.24. The van der Waals surface area contributed by atoms with Crippen molar-refractivity contribution in [2.24, 2.45) is 0 Å². The van der Waals surface area contributed by atoms with Crippen LogP contribution in [0.15, 0.2) is 36.4 Å². The van der Waals surface area contributed by atoms with Crippen LogP contribution in [0.4, 0.5) is 5.69 Å². The van der Waals surface area contributed by atoms with E-state index in [0.717, 1.165) is 22.6 Å². The maximum Gasteiger partial charge on any atom is 0.251 e. The number of anilines is 1. The number of benzene rings is 2. The average molecular weight is 252 g/mol. The van der Waals surface area contributed by atoms with Gasteiger partial charge in [-0.1, -0.05) is 6.07 Å². The number of rotatable bonds is 0. The maximum atomic E-state index is 11.9. The van der Waals surface area contributed by atoms with Crippen molar-refractivity contribution in [2.75, 3.05) is 12.3 Å². The predicted octanol–water partition coefficient (Wildman–Crippen LogP) is 2.25. The zero-order chi connectivity index (χ0) is 13.0. The van der Waals surface area contributed by atoms with Crippen LogP contribution in [0.25, 0.3) is 0 Å². The molecule has 0 fully saturated rings. The fourth-order valence-corrected chi connectivity index (χ4v) is 2.90. The van der Waals surface area contributed by atoms with E-state index in [4.69, 9.17) is 10.5 Å². The van der Waals surface area contributed by atoms with Crippen molar-refractivity contribution in [3.8, 4) is 11.5 Å². The number of nitrogens with one attached hydrogen (secondary N) is 1. The first-order valence-electron chi connectivity index (χ1n) is 6.22. The average Bonchev–Trinajstić information content (AvgIpc) is 2.42. The molecule has 94 valence electrons. The quantitative estimate of drug-likeness (QED) is 0.707. The molecule has 0 aliphatic carbocycles. The van der Waals surface area contributed by atoms with Crippen molar-refractivity contribution in [3.05, 3.63) is 53.1 Å². The molecular formula is C15H12N2O2. The normalized spacial score (nSPS) is 18.9. The molecule has 0 saturated carbocycles. The summed E-state index contributed by atoms with van der Waals surface area (Å²) in [6.45, 7) is 0.586. The van der Waals surface area contributed by atoms with E-state index in [-0.39, 0.29) is 11.8 Å². The number of hydrogen-bond acceptors (Lipinski definition) is 3. The molecule has 4 heteroatoms. The molecule has 0 bridgehead atoms. The third kappa shape index (κ3) is 1.37. The topological polar surface area (TPSA) is 64.3 Å². The first kappa shape index (κ1) is 10.4. The minimum Gasteiger partial charge on any atom is -0.457 e. The highest BCUT2D eigenvalue weighted by Crippen LogP contribution is 2.47. The molecule has 2 aromatic carbocycles. The fraction of sp³-hybridized carbons (Fsp3) is 0.133. The van der Waals surface area contributed by atoms with Gasteiger partial charge in [-0.2, -0.15) is 0 Å². The van der Waals surface area contributed by atoms with Crippen LogP contribution in [0.2, 0.25) is 0 Å². The summed E-state index contributed by atoms with van der Waals surface area (Å²) >= 11 is 0. The molecule has 1 unspecified atom stereocenters.